The van der Waals surface area contributed by atoms with Gasteiger partial charge in [-0.1, -0.05) is 24.3 Å². The van der Waals surface area contributed by atoms with Crippen LogP contribution in [0.25, 0.3) is 0 Å². The lowest BCUT2D eigenvalue weighted by atomic mass is 9.93. The van der Waals surface area contributed by atoms with Crippen LogP contribution in [0.4, 0.5) is 0 Å². The Balaban J connectivity index is 1.27. The number of hydrogen-bond donors (Lipinski definition) is 1. The van der Waals surface area contributed by atoms with Gasteiger partial charge in [-0.3, -0.25) is 14.5 Å². The van der Waals surface area contributed by atoms with Crippen molar-refractivity contribution in [2.24, 2.45) is 5.92 Å². The predicted molar refractivity (Wildman–Crippen MR) is 126 cm³/mol. The lowest BCUT2D eigenvalue weighted by molar-refractivity contribution is -0.134. The maximum atomic E-state index is 12.9. The van der Waals surface area contributed by atoms with E-state index in [0.717, 1.165) is 68.1 Å². The zero-order valence-corrected chi connectivity index (χ0v) is 19.3. The van der Waals surface area contributed by atoms with Crippen LogP contribution in [0, 0.1) is 5.92 Å². The van der Waals surface area contributed by atoms with Gasteiger partial charge < -0.3 is 14.6 Å². The van der Waals surface area contributed by atoms with Crippen LogP contribution < -0.4 is 10.3 Å². The summed E-state index contributed by atoms with van der Waals surface area (Å²) in [5, 5.41) is 0. The van der Waals surface area contributed by atoms with E-state index in [1.54, 1.807) is 7.11 Å². The molecule has 33 heavy (non-hydrogen) atoms. The standard InChI is InChI=1S/C26H32N4O3/c1-33-21-9-7-18(8-10-21)15-29-13-12-22-23(17-29)27-24(28-25(22)31)20-11-14-30(16-20)26(32)19-5-3-2-4-6-19/h2-3,7-10,19-20H,4-6,11-17H2,1H3,(H,27,28,31)/t19-,20+/m1/s1. The molecule has 1 amide bonds. The number of allylic oxidation sites excluding steroid dienone is 2. The third-order valence-electron chi connectivity index (χ3n) is 7.24. The zero-order valence-electron chi connectivity index (χ0n) is 19.3. The Bertz CT molecular complexity index is 1090. The molecule has 1 fully saturated rings. The number of nitrogens with zero attached hydrogens (tertiary/aromatic N) is 3. The first-order valence-electron chi connectivity index (χ1n) is 12.0. The Morgan fingerprint density at radius 3 is 2.79 bits per heavy atom. The third-order valence-corrected chi connectivity index (χ3v) is 7.24. The largest absolute Gasteiger partial charge is 0.497 e. The van der Waals surface area contributed by atoms with Crippen LogP contribution in [-0.2, 0) is 24.3 Å². The minimum absolute atomic E-state index is 0.0127. The number of aromatic amines is 1. The number of carbonyl (C=O) groups is 1. The number of aromatic nitrogens is 2. The first-order chi connectivity index (χ1) is 16.1. The van der Waals surface area contributed by atoms with Crippen molar-refractivity contribution in [2.75, 3.05) is 26.7 Å². The summed E-state index contributed by atoms with van der Waals surface area (Å²) in [5.41, 5.74) is 2.90. The van der Waals surface area contributed by atoms with Crippen molar-refractivity contribution >= 4 is 5.91 Å². The summed E-state index contributed by atoms with van der Waals surface area (Å²) >= 11 is 0. The zero-order chi connectivity index (χ0) is 22.8. The van der Waals surface area contributed by atoms with Gasteiger partial charge in [-0.05, 0) is 49.8 Å². The molecule has 0 bridgehead atoms. The summed E-state index contributed by atoms with van der Waals surface area (Å²) in [6, 6.07) is 8.12. The maximum Gasteiger partial charge on any atom is 0.254 e. The molecule has 1 aromatic heterocycles. The molecule has 1 aliphatic carbocycles. The van der Waals surface area contributed by atoms with Crippen LogP contribution in [0.5, 0.6) is 5.75 Å². The number of nitrogens with one attached hydrogen (secondary N) is 1. The van der Waals surface area contributed by atoms with E-state index in [-0.39, 0.29) is 23.3 Å². The van der Waals surface area contributed by atoms with Gasteiger partial charge in [0.15, 0.2) is 0 Å². The normalized spacial score (nSPS) is 22.9. The van der Waals surface area contributed by atoms with Gasteiger partial charge in [-0.25, -0.2) is 4.98 Å². The third kappa shape index (κ3) is 4.74. The lowest BCUT2D eigenvalue weighted by Crippen LogP contribution is -2.36. The Morgan fingerprint density at radius 1 is 1.18 bits per heavy atom. The molecule has 3 aliphatic rings. The fourth-order valence-electron chi connectivity index (χ4n) is 5.29. The number of likely N-dealkylation sites (tertiary alicyclic amines) is 1. The highest BCUT2D eigenvalue weighted by molar-refractivity contribution is 5.79. The first-order valence-corrected chi connectivity index (χ1v) is 12.0. The molecule has 0 saturated carbocycles. The van der Waals surface area contributed by atoms with E-state index in [9.17, 15) is 9.59 Å². The topological polar surface area (TPSA) is 78.5 Å². The van der Waals surface area contributed by atoms with E-state index in [1.165, 1.54) is 5.56 Å². The minimum Gasteiger partial charge on any atom is -0.497 e. The number of hydrogen-bond acceptors (Lipinski definition) is 5. The molecular weight excluding hydrogens is 416 g/mol. The van der Waals surface area contributed by atoms with Crippen molar-refractivity contribution in [1.29, 1.82) is 0 Å². The van der Waals surface area contributed by atoms with Crippen LogP contribution in [-0.4, -0.2) is 52.4 Å². The van der Waals surface area contributed by atoms with Gasteiger partial charge in [0.05, 0.1) is 12.8 Å². The summed E-state index contributed by atoms with van der Waals surface area (Å²) in [5.74, 6) is 2.06. The molecule has 2 aromatic rings. The molecule has 174 valence electrons. The average molecular weight is 449 g/mol. The summed E-state index contributed by atoms with van der Waals surface area (Å²) in [7, 11) is 1.67. The first kappa shape index (κ1) is 21.9. The lowest BCUT2D eigenvalue weighted by Gasteiger charge is -2.28. The van der Waals surface area contributed by atoms with E-state index in [0.29, 0.717) is 19.5 Å². The second-order valence-electron chi connectivity index (χ2n) is 9.44. The van der Waals surface area contributed by atoms with Crippen LogP contribution in [0.3, 0.4) is 0 Å². The van der Waals surface area contributed by atoms with Crippen molar-refractivity contribution < 1.29 is 9.53 Å². The maximum absolute atomic E-state index is 12.9. The van der Waals surface area contributed by atoms with Crippen molar-refractivity contribution in [1.82, 2.24) is 19.8 Å². The molecule has 7 nitrogen and oxygen atoms in total. The second kappa shape index (κ2) is 9.51. The molecule has 1 N–H and O–H groups in total. The average Bonchev–Trinajstić information content (AvgIpc) is 3.35. The highest BCUT2D eigenvalue weighted by atomic mass is 16.5. The second-order valence-corrected chi connectivity index (χ2v) is 9.44. The molecule has 0 radical (unpaired) electrons. The van der Waals surface area contributed by atoms with E-state index in [2.05, 4.69) is 34.2 Å². The molecular formula is C26H32N4O3. The molecule has 2 atom stereocenters. The van der Waals surface area contributed by atoms with Gasteiger partial charge in [0, 0.05) is 50.1 Å². The van der Waals surface area contributed by atoms with E-state index < -0.39 is 0 Å². The fourth-order valence-corrected chi connectivity index (χ4v) is 5.29. The van der Waals surface area contributed by atoms with E-state index >= 15 is 0 Å². The summed E-state index contributed by atoms with van der Waals surface area (Å²) in [6.07, 6.45) is 8.62. The van der Waals surface area contributed by atoms with Gasteiger partial charge in [0.2, 0.25) is 5.91 Å². The van der Waals surface area contributed by atoms with Crippen LogP contribution in [0.1, 0.15) is 54.2 Å². The quantitative estimate of drug-likeness (QED) is 0.712. The number of carbonyl (C=O) groups excluding carboxylic acids is 1. The van der Waals surface area contributed by atoms with Crippen molar-refractivity contribution in [3.8, 4) is 5.75 Å². The molecule has 7 heteroatoms. The van der Waals surface area contributed by atoms with Gasteiger partial charge in [-0.2, -0.15) is 0 Å². The molecule has 1 aromatic carbocycles. The Hall–Kier alpha value is -2.93. The van der Waals surface area contributed by atoms with Crippen LogP contribution in [0.15, 0.2) is 41.2 Å². The smallest absolute Gasteiger partial charge is 0.254 e. The van der Waals surface area contributed by atoms with Gasteiger partial charge in [0.1, 0.15) is 11.6 Å². The summed E-state index contributed by atoms with van der Waals surface area (Å²) in [4.78, 5) is 38.0. The predicted octanol–water partition coefficient (Wildman–Crippen LogP) is 3.01. The fraction of sp³-hybridized carbons (Fsp3) is 0.500. The number of ether oxygens (including phenoxy) is 1. The van der Waals surface area contributed by atoms with E-state index in [1.807, 2.05) is 17.0 Å². The van der Waals surface area contributed by atoms with Crippen molar-refractivity contribution in [3.05, 3.63) is 69.4 Å². The molecule has 1 saturated heterocycles. The Kier molecular flexibility index (Phi) is 6.31. The number of H-pyrrole nitrogens is 1. The van der Waals surface area contributed by atoms with Gasteiger partial charge >= 0.3 is 0 Å². The summed E-state index contributed by atoms with van der Waals surface area (Å²) < 4.78 is 5.25. The minimum atomic E-state index is -0.0127. The summed E-state index contributed by atoms with van der Waals surface area (Å²) in [6.45, 7) is 3.71. The Labute approximate surface area is 194 Å². The number of methoxy groups -OCH3 is 1. The molecule has 0 spiro atoms. The van der Waals surface area contributed by atoms with Crippen LogP contribution >= 0.6 is 0 Å². The number of fused-ring (bicyclic) bond motifs is 1. The van der Waals surface area contributed by atoms with Crippen molar-refractivity contribution in [2.45, 2.75) is 51.1 Å². The number of benzene rings is 1. The highest BCUT2D eigenvalue weighted by Crippen LogP contribution is 2.29. The SMILES string of the molecule is COc1ccc(CN2CCc3c(nc([C@H]4CCN(C(=O)[C@@H]5CC=CCC5)C4)[nH]c3=O)C2)cc1. The molecule has 5 rings (SSSR count). The van der Waals surface area contributed by atoms with Crippen molar-refractivity contribution in [3.63, 3.8) is 0 Å². The van der Waals surface area contributed by atoms with Gasteiger partial charge in [0.25, 0.3) is 5.56 Å². The van der Waals surface area contributed by atoms with Gasteiger partial charge in [-0.15, -0.1) is 0 Å². The molecule has 2 aliphatic heterocycles. The Morgan fingerprint density at radius 2 is 2.03 bits per heavy atom. The van der Waals surface area contributed by atoms with E-state index in [4.69, 9.17) is 9.72 Å². The van der Waals surface area contributed by atoms with Crippen LogP contribution in [0.2, 0.25) is 0 Å². The number of rotatable bonds is 5. The number of amides is 1. The molecule has 3 heterocycles. The highest BCUT2D eigenvalue weighted by Gasteiger charge is 2.33. The monoisotopic (exact) mass is 448 g/mol. The molecule has 0 unspecified atom stereocenters.